The van der Waals surface area contributed by atoms with Crippen LogP contribution in [0.2, 0.25) is 0 Å². The van der Waals surface area contributed by atoms with Crippen LogP contribution in [0.15, 0.2) is 34.9 Å². The number of hydrogen-bond donors (Lipinski definition) is 1. The third-order valence-corrected chi connectivity index (χ3v) is 4.64. The van der Waals surface area contributed by atoms with Crippen molar-refractivity contribution in [3.8, 4) is 6.07 Å². The second kappa shape index (κ2) is 7.81. The topological polar surface area (TPSA) is 122 Å². The van der Waals surface area contributed by atoms with Crippen molar-refractivity contribution in [2.75, 3.05) is 12.9 Å². The van der Waals surface area contributed by atoms with Gasteiger partial charge in [0.05, 0.1) is 34.6 Å². The predicted molar refractivity (Wildman–Crippen MR) is 90.3 cm³/mol. The van der Waals surface area contributed by atoms with Crippen LogP contribution in [0, 0.1) is 27.4 Å². The number of amides is 1. The molecule has 0 aromatic heterocycles. The highest BCUT2D eigenvalue weighted by Gasteiger charge is 2.46. The number of ether oxygens (including phenoxy) is 1. The van der Waals surface area contributed by atoms with Crippen molar-refractivity contribution in [1.82, 2.24) is 5.32 Å². The summed E-state index contributed by atoms with van der Waals surface area (Å²) in [6, 6.07) is 7.76. The molecule has 0 saturated carbocycles. The van der Waals surface area contributed by atoms with Crippen molar-refractivity contribution < 1.29 is 19.2 Å². The number of thioether (sulfide) groups is 1. The fourth-order valence-corrected chi connectivity index (χ4v) is 3.51. The van der Waals surface area contributed by atoms with E-state index in [2.05, 4.69) is 5.32 Å². The van der Waals surface area contributed by atoms with Crippen LogP contribution in [0.25, 0.3) is 0 Å². The second-order valence-corrected chi connectivity index (χ2v) is 6.35. The Morgan fingerprint density at radius 1 is 1.48 bits per heavy atom. The van der Waals surface area contributed by atoms with Gasteiger partial charge in [0.25, 0.3) is 5.69 Å². The number of allylic oxidation sites excluding steroid dienone is 1. The number of nitro benzene ring substituents is 1. The summed E-state index contributed by atoms with van der Waals surface area (Å²) < 4.78 is 4.69. The number of rotatable bonds is 5. The maximum atomic E-state index is 12.5. The van der Waals surface area contributed by atoms with Gasteiger partial charge in [-0.25, -0.2) is 0 Å². The van der Waals surface area contributed by atoms with Crippen molar-refractivity contribution in [2.24, 2.45) is 5.92 Å². The first kappa shape index (κ1) is 18.5. The number of nitro groups is 1. The van der Waals surface area contributed by atoms with E-state index in [1.807, 2.05) is 13.0 Å². The molecule has 1 aromatic rings. The molecule has 0 aliphatic carbocycles. The van der Waals surface area contributed by atoms with E-state index < -0.39 is 28.6 Å². The Labute approximate surface area is 148 Å². The minimum absolute atomic E-state index is 0.108. The standard InChI is InChI=1S/C16H15N3O5S/c1-3-25-15-10(8-17)12(13(14(20)18-15)16(21)24-2)9-6-4-5-7-11(9)19(22)23/h4-7,12-13H,3H2,1-2H3,(H,18,20)/t12-,13+/m1/s1. The summed E-state index contributed by atoms with van der Waals surface area (Å²) in [6.45, 7) is 1.84. The van der Waals surface area contributed by atoms with E-state index in [0.29, 0.717) is 10.8 Å². The Morgan fingerprint density at radius 2 is 2.16 bits per heavy atom. The summed E-state index contributed by atoms with van der Waals surface area (Å²) in [6.07, 6.45) is 0. The quantitative estimate of drug-likeness (QED) is 0.369. The number of nitrogens with one attached hydrogen (secondary N) is 1. The van der Waals surface area contributed by atoms with Crippen LogP contribution in [-0.2, 0) is 14.3 Å². The summed E-state index contributed by atoms with van der Waals surface area (Å²) in [5, 5.41) is 23.8. The number of hydrogen-bond acceptors (Lipinski definition) is 7. The van der Waals surface area contributed by atoms with E-state index in [4.69, 9.17) is 4.74 Å². The van der Waals surface area contributed by atoms with E-state index in [1.54, 1.807) is 6.07 Å². The molecule has 0 spiro atoms. The average molecular weight is 361 g/mol. The molecule has 1 amide bonds. The number of para-hydroxylation sites is 1. The molecule has 130 valence electrons. The summed E-state index contributed by atoms with van der Waals surface area (Å²) in [5.74, 6) is -3.38. The first-order valence-electron chi connectivity index (χ1n) is 7.35. The minimum atomic E-state index is -1.37. The highest BCUT2D eigenvalue weighted by Crippen LogP contribution is 2.42. The molecule has 0 radical (unpaired) electrons. The summed E-state index contributed by atoms with van der Waals surface area (Å²) in [4.78, 5) is 35.4. The van der Waals surface area contributed by atoms with E-state index in [0.717, 1.165) is 7.11 Å². The van der Waals surface area contributed by atoms with Gasteiger partial charge in [0.2, 0.25) is 5.91 Å². The molecule has 1 aliphatic rings. The third kappa shape index (κ3) is 3.49. The van der Waals surface area contributed by atoms with Gasteiger partial charge in [-0.05, 0) is 5.75 Å². The van der Waals surface area contributed by atoms with Crippen LogP contribution in [0.3, 0.4) is 0 Å². The molecule has 0 fully saturated rings. The largest absolute Gasteiger partial charge is 0.468 e. The Hall–Kier alpha value is -2.86. The highest BCUT2D eigenvalue weighted by molar-refractivity contribution is 8.03. The fourth-order valence-electron chi connectivity index (χ4n) is 2.72. The van der Waals surface area contributed by atoms with E-state index in [9.17, 15) is 25.0 Å². The molecule has 1 aromatic carbocycles. The zero-order valence-corrected chi connectivity index (χ0v) is 14.3. The average Bonchev–Trinajstić information content (AvgIpc) is 2.60. The van der Waals surface area contributed by atoms with Crippen LogP contribution >= 0.6 is 11.8 Å². The van der Waals surface area contributed by atoms with Crippen molar-refractivity contribution >= 4 is 29.3 Å². The number of nitrogens with zero attached hydrogens (tertiary/aromatic N) is 2. The lowest BCUT2D eigenvalue weighted by Crippen LogP contribution is -2.44. The normalized spacial score (nSPS) is 19.8. The molecule has 25 heavy (non-hydrogen) atoms. The van der Waals surface area contributed by atoms with Gasteiger partial charge >= 0.3 is 5.97 Å². The number of carbonyl (C=O) groups excluding carboxylic acids is 2. The zero-order valence-electron chi connectivity index (χ0n) is 13.5. The van der Waals surface area contributed by atoms with Gasteiger partial charge in [0.15, 0.2) is 0 Å². The number of nitriles is 1. The molecule has 0 unspecified atom stereocenters. The maximum Gasteiger partial charge on any atom is 0.319 e. The number of esters is 1. The monoisotopic (exact) mass is 361 g/mol. The van der Waals surface area contributed by atoms with Crippen molar-refractivity contribution in [3.63, 3.8) is 0 Å². The second-order valence-electron chi connectivity index (χ2n) is 5.07. The molecular weight excluding hydrogens is 346 g/mol. The lowest BCUT2D eigenvalue weighted by molar-refractivity contribution is -0.385. The van der Waals surface area contributed by atoms with Gasteiger partial charge in [0, 0.05) is 11.6 Å². The maximum absolute atomic E-state index is 12.5. The molecule has 2 rings (SSSR count). The first-order chi connectivity index (χ1) is 12.0. The van der Waals surface area contributed by atoms with Gasteiger partial charge in [-0.2, -0.15) is 5.26 Å². The lowest BCUT2D eigenvalue weighted by atomic mass is 9.78. The molecule has 1 N–H and O–H groups in total. The van der Waals surface area contributed by atoms with E-state index in [1.165, 1.54) is 30.0 Å². The van der Waals surface area contributed by atoms with Gasteiger partial charge in [-0.1, -0.05) is 25.1 Å². The lowest BCUT2D eigenvalue weighted by Gasteiger charge is -2.30. The Balaban J connectivity index is 2.75. The molecule has 9 heteroatoms. The summed E-state index contributed by atoms with van der Waals surface area (Å²) in [7, 11) is 1.12. The van der Waals surface area contributed by atoms with Gasteiger partial charge in [-0.3, -0.25) is 19.7 Å². The highest BCUT2D eigenvalue weighted by atomic mass is 32.2. The van der Waals surface area contributed by atoms with Crippen LogP contribution in [0.4, 0.5) is 5.69 Å². The van der Waals surface area contributed by atoms with Crippen molar-refractivity contribution in [2.45, 2.75) is 12.8 Å². The Kier molecular flexibility index (Phi) is 5.77. The molecule has 1 heterocycles. The van der Waals surface area contributed by atoms with E-state index >= 15 is 0 Å². The number of benzene rings is 1. The van der Waals surface area contributed by atoms with Crippen molar-refractivity contribution in [3.05, 3.63) is 50.5 Å². The van der Waals surface area contributed by atoms with E-state index in [-0.39, 0.29) is 16.8 Å². The predicted octanol–water partition coefficient (Wildman–Crippen LogP) is 2.09. The van der Waals surface area contributed by atoms with Gasteiger partial charge in [0.1, 0.15) is 5.92 Å². The molecule has 1 aliphatic heterocycles. The Bertz CT molecular complexity index is 799. The first-order valence-corrected chi connectivity index (χ1v) is 8.33. The van der Waals surface area contributed by atoms with Gasteiger partial charge < -0.3 is 10.1 Å². The molecule has 2 atom stereocenters. The molecule has 0 bridgehead atoms. The molecular formula is C16H15N3O5S. The summed E-state index contributed by atoms with van der Waals surface area (Å²) >= 11 is 1.23. The van der Waals surface area contributed by atoms with Crippen molar-refractivity contribution in [1.29, 1.82) is 5.26 Å². The van der Waals surface area contributed by atoms with Gasteiger partial charge in [-0.15, -0.1) is 11.8 Å². The van der Waals surface area contributed by atoms with Crippen LogP contribution in [-0.4, -0.2) is 29.7 Å². The van der Waals surface area contributed by atoms with Crippen LogP contribution < -0.4 is 5.32 Å². The fraction of sp³-hybridized carbons (Fsp3) is 0.312. The number of methoxy groups -OCH3 is 1. The van der Waals surface area contributed by atoms with Crippen LogP contribution in [0.1, 0.15) is 18.4 Å². The molecule has 0 saturated heterocycles. The number of carbonyl (C=O) groups is 2. The minimum Gasteiger partial charge on any atom is -0.468 e. The third-order valence-electron chi connectivity index (χ3n) is 3.74. The summed E-state index contributed by atoms with van der Waals surface area (Å²) in [5.41, 5.74) is -0.0237. The molecule has 8 nitrogen and oxygen atoms in total. The van der Waals surface area contributed by atoms with Crippen LogP contribution in [0.5, 0.6) is 0 Å². The zero-order chi connectivity index (χ0) is 18.6. The Morgan fingerprint density at radius 3 is 2.72 bits per heavy atom. The SMILES string of the molecule is CCSC1=C(C#N)[C@@H](c2ccccc2[N+](=O)[O-])[C@H](C(=O)OC)C(=O)N1. The smallest absolute Gasteiger partial charge is 0.319 e.